The third-order valence-electron chi connectivity index (χ3n) is 2.47. The minimum Gasteiger partial charge on any atom is -0.472 e. The maximum absolute atomic E-state index is 11.7. The van der Waals surface area contributed by atoms with Crippen LogP contribution in [0, 0.1) is 0 Å². The molecule has 3 nitrogen and oxygen atoms in total. The van der Waals surface area contributed by atoms with E-state index in [0.717, 1.165) is 17.5 Å². The van der Waals surface area contributed by atoms with E-state index >= 15 is 0 Å². The first-order valence-corrected chi connectivity index (χ1v) is 6.50. The van der Waals surface area contributed by atoms with Gasteiger partial charge in [0.15, 0.2) is 0 Å². The predicted molar refractivity (Wildman–Crippen MR) is 68.0 cm³/mol. The molecule has 2 aromatic heterocycles. The SMILES string of the molecule is CC(Cc1ccoc1)NC(=O)Cc1ccsc1. The fourth-order valence-corrected chi connectivity index (χ4v) is 2.39. The topological polar surface area (TPSA) is 42.2 Å². The molecular formula is C13H15NO2S. The van der Waals surface area contributed by atoms with Crippen LogP contribution in [0.5, 0.6) is 0 Å². The number of furan rings is 1. The van der Waals surface area contributed by atoms with Gasteiger partial charge in [0.25, 0.3) is 0 Å². The minimum absolute atomic E-state index is 0.0689. The number of amides is 1. The van der Waals surface area contributed by atoms with Gasteiger partial charge in [-0.15, -0.1) is 0 Å². The number of thiophene rings is 1. The maximum atomic E-state index is 11.7. The zero-order valence-corrected chi connectivity index (χ0v) is 10.5. The molecule has 1 amide bonds. The Bertz CT molecular complexity index is 448. The molecule has 2 heterocycles. The first-order chi connectivity index (χ1) is 8.24. The Morgan fingerprint density at radius 3 is 3.00 bits per heavy atom. The predicted octanol–water partition coefficient (Wildman–Crippen LogP) is 2.63. The van der Waals surface area contributed by atoms with Gasteiger partial charge >= 0.3 is 0 Å². The lowest BCUT2D eigenvalue weighted by Crippen LogP contribution is -2.34. The molecule has 1 atom stereocenters. The molecule has 0 radical (unpaired) electrons. The van der Waals surface area contributed by atoms with Gasteiger partial charge in [-0.3, -0.25) is 4.79 Å². The molecule has 0 saturated heterocycles. The smallest absolute Gasteiger partial charge is 0.224 e. The Hall–Kier alpha value is -1.55. The summed E-state index contributed by atoms with van der Waals surface area (Å²) < 4.78 is 4.99. The summed E-state index contributed by atoms with van der Waals surface area (Å²) in [6, 6.07) is 4.02. The molecule has 4 heteroatoms. The molecule has 0 fully saturated rings. The monoisotopic (exact) mass is 249 g/mol. The zero-order chi connectivity index (χ0) is 12.1. The Morgan fingerprint density at radius 1 is 1.47 bits per heavy atom. The summed E-state index contributed by atoms with van der Waals surface area (Å²) in [6.45, 7) is 2.00. The van der Waals surface area contributed by atoms with Crippen molar-refractivity contribution in [2.75, 3.05) is 0 Å². The van der Waals surface area contributed by atoms with Gasteiger partial charge in [-0.25, -0.2) is 0 Å². The lowest BCUT2D eigenvalue weighted by molar-refractivity contribution is -0.121. The lowest BCUT2D eigenvalue weighted by Gasteiger charge is -2.12. The Balaban J connectivity index is 1.78. The molecule has 17 heavy (non-hydrogen) atoms. The van der Waals surface area contributed by atoms with Crippen LogP contribution in [-0.2, 0) is 17.6 Å². The molecule has 0 aliphatic heterocycles. The second kappa shape index (κ2) is 5.68. The lowest BCUT2D eigenvalue weighted by atomic mass is 10.1. The van der Waals surface area contributed by atoms with Crippen molar-refractivity contribution < 1.29 is 9.21 Å². The van der Waals surface area contributed by atoms with Crippen LogP contribution in [-0.4, -0.2) is 11.9 Å². The van der Waals surface area contributed by atoms with Gasteiger partial charge in [-0.1, -0.05) is 0 Å². The highest BCUT2D eigenvalue weighted by atomic mass is 32.1. The molecule has 2 rings (SSSR count). The van der Waals surface area contributed by atoms with E-state index in [1.54, 1.807) is 23.9 Å². The number of carbonyl (C=O) groups is 1. The van der Waals surface area contributed by atoms with Gasteiger partial charge in [0.1, 0.15) is 0 Å². The van der Waals surface area contributed by atoms with Crippen molar-refractivity contribution in [1.82, 2.24) is 5.32 Å². The van der Waals surface area contributed by atoms with Crippen LogP contribution in [0.2, 0.25) is 0 Å². The molecule has 0 aromatic carbocycles. The summed E-state index contributed by atoms with van der Waals surface area (Å²) in [5.41, 5.74) is 2.18. The average Bonchev–Trinajstić information content (AvgIpc) is 2.90. The minimum atomic E-state index is 0.0689. The van der Waals surface area contributed by atoms with Gasteiger partial charge < -0.3 is 9.73 Å². The van der Waals surface area contributed by atoms with Crippen molar-refractivity contribution in [2.45, 2.75) is 25.8 Å². The summed E-state index contributed by atoms with van der Waals surface area (Å²) in [5, 5.41) is 6.96. The summed E-state index contributed by atoms with van der Waals surface area (Å²) in [5.74, 6) is 0.0689. The second-order valence-electron chi connectivity index (χ2n) is 4.11. The van der Waals surface area contributed by atoms with Crippen molar-refractivity contribution in [3.05, 3.63) is 46.5 Å². The molecule has 0 spiro atoms. The van der Waals surface area contributed by atoms with Crippen LogP contribution in [0.4, 0.5) is 0 Å². The maximum Gasteiger partial charge on any atom is 0.224 e. The van der Waals surface area contributed by atoms with Crippen molar-refractivity contribution in [1.29, 1.82) is 0 Å². The highest BCUT2D eigenvalue weighted by Gasteiger charge is 2.09. The summed E-state index contributed by atoms with van der Waals surface area (Å²) in [4.78, 5) is 11.7. The van der Waals surface area contributed by atoms with Crippen molar-refractivity contribution in [2.24, 2.45) is 0 Å². The van der Waals surface area contributed by atoms with Crippen LogP contribution in [0.25, 0.3) is 0 Å². The Labute approximate surface area is 104 Å². The molecule has 90 valence electrons. The standard InChI is InChI=1S/C13H15NO2S/c1-10(6-11-2-4-16-8-11)14-13(15)7-12-3-5-17-9-12/h2-5,8-10H,6-7H2,1H3,(H,14,15). The molecule has 0 bridgehead atoms. The van der Waals surface area contributed by atoms with Crippen molar-refractivity contribution in [3.8, 4) is 0 Å². The largest absolute Gasteiger partial charge is 0.472 e. The van der Waals surface area contributed by atoms with Gasteiger partial charge in [-0.05, 0) is 47.4 Å². The summed E-state index contributed by atoms with van der Waals surface area (Å²) in [6.07, 6.45) is 4.61. The van der Waals surface area contributed by atoms with Gasteiger partial charge in [0.05, 0.1) is 18.9 Å². The fourth-order valence-electron chi connectivity index (χ4n) is 1.72. The Morgan fingerprint density at radius 2 is 2.35 bits per heavy atom. The average molecular weight is 249 g/mol. The highest BCUT2D eigenvalue weighted by Crippen LogP contribution is 2.07. The Kier molecular flexibility index (Phi) is 3.98. The number of rotatable bonds is 5. The van der Waals surface area contributed by atoms with E-state index in [4.69, 9.17) is 4.42 Å². The van der Waals surface area contributed by atoms with E-state index in [2.05, 4.69) is 5.32 Å². The molecule has 1 N–H and O–H groups in total. The van der Waals surface area contributed by atoms with Gasteiger partial charge in [0.2, 0.25) is 5.91 Å². The first kappa shape index (κ1) is 11.9. The number of carbonyl (C=O) groups excluding carboxylic acids is 1. The van der Waals surface area contributed by atoms with Crippen LogP contribution < -0.4 is 5.32 Å². The van der Waals surface area contributed by atoms with E-state index in [9.17, 15) is 4.79 Å². The second-order valence-corrected chi connectivity index (χ2v) is 4.89. The molecule has 0 saturated carbocycles. The number of hydrogen-bond acceptors (Lipinski definition) is 3. The van der Waals surface area contributed by atoms with Crippen molar-refractivity contribution in [3.63, 3.8) is 0 Å². The molecular weight excluding hydrogens is 234 g/mol. The van der Waals surface area contributed by atoms with Gasteiger partial charge in [0, 0.05) is 6.04 Å². The molecule has 0 aliphatic rings. The number of nitrogens with one attached hydrogen (secondary N) is 1. The first-order valence-electron chi connectivity index (χ1n) is 5.55. The van der Waals surface area contributed by atoms with E-state index in [-0.39, 0.29) is 11.9 Å². The van der Waals surface area contributed by atoms with E-state index in [1.165, 1.54) is 0 Å². The van der Waals surface area contributed by atoms with Gasteiger partial charge in [-0.2, -0.15) is 11.3 Å². The van der Waals surface area contributed by atoms with Crippen LogP contribution in [0.1, 0.15) is 18.1 Å². The van der Waals surface area contributed by atoms with Crippen molar-refractivity contribution >= 4 is 17.2 Å². The molecule has 2 aromatic rings. The summed E-state index contributed by atoms with van der Waals surface area (Å²) in [7, 11) is 0. The van der Waals surface area contributed by atoms with E-state index in [0.29, 0.717) is 6.42 Å². The van der Waals surface area contributed by atoms with E-state index in [1.807, 2.05) is 29.8 Å². The molecule has 1 unspecified atom stereocenters. The van der Waals surface area contributed by atoms with Crippen LogP contribution in [0.15, 0.2) is 39.8 Å². The van der Waals surface area contributed by atoms with Crippen LogP contribution >= 0.6 is 11.3 Å². The summed E-state index contributed by atoms with van der Waals surface area (Å²) >= 11 is 1.61. The quantitative estimate of drug-likeness (QED) is 0.885. The van der Waals surface area contributed by atoms with E-state index < -0.39 is 0 Å². The zero-order valence-electron chi connectivity index (χ0n) is 9.68. The number of hydrogen-bond donors (Lipinski definition) is 1. The fraction of sp³-hybridized carbons (Fsp3) is 0.308. The molecule has 0 aliphatic carbocycles. The normalized spacial score (nSPS) is 12.3. The third kappa shape index (κ3) is 3.75. The third-order valence-corrected chi connectivity index (χ3v) is 3.21. The highest BCUT2D eigenvalue weighted by molar-refractivity contribution is 7.07. The van der Waals surface area contributed by atoms with Crippen LogP contribution in [0.3, 0.4) is 0 Å².